The van der Waals surface area contributed by atoms with Gasteiger partial charge in [0.05, 0.1) is 6.42 Å². The molecule has 2 amide bonds. The first-order chi connectivity index (χ1) is 14.0. The Morgan fingerprint density at radius 3 is 2.76 bits per heavy atom. The quantitative estimate of drug-likeness (QED) is 0.389. The zero-order valence-corrected chi connectivity index (χ0v) is 15.6. The minimum atomic E-state index is -0.559. The van der Waals surface area contributed by atoms with Crippen molar-refractivity contribution < 1.29 is 14.0 Å². The Kier molecular flexibility index (Phi) is 5.03. The topological polar surface area (TPSA) is 104 Å². The molecular weight excluding hydrogens is 371 g/mol. The van der Waals surface area contributed by atoms with Crippen LogP contribution in [-0.4, -0.2) is 28.3 Å². The van der Waals surface area contributed by atoms with Gasteiger partial charge in [0.15, 0.2) is 0 Å². The van der Waals surface area contributed by atoms with Crippen LogP contribution in [0.2, 0.25) is 0 Å². The number of carbonyl (C=O) groups is 2. The van der Waals surface area contributed by atoms with Crippen LogP contribution in [0, 0.1) is 12.2 Å². The van der Waals surface area contributed by atoms with E-state index < -0.39 is 5.91 Å². The number of primary amides is 1. The van der Waals surface area contributed by atoms with Crippen molar-refractivity contribution in [1.29, 1.82) is 0 Å². The number of nitrogens with one attached hydrogen (secondary N) is 3. The van der Waals surface area contributed by atoms with Gasteiger partial charge in [0.25, 0.3) is 5.91 Å². The summed E-state index contributed by atoms with van der Waals surface area (Å²) in [4.78, 5) is 30.1. The molecule has 6 nitrogen and oxygen atoms in total. The third-order valence-corrected chi connectivity index (χ3v) is 4.97. The number of hydrogen-bond donors (Lipinski definition) is 4. The smallest absolute Gasteiger partial charge is 0.265 e. The van der Waals surface area contributed by atoms with Crippen molar-refractivity contribution in [1.82, 2.24) is 15.3 Å². The number of amides is 2. The summed E-state index contributed by atoms with van der Waals surface area (Å²) in [5.41, 5.74) is 9.08. The number of fused-ring (bicyclic) bond motifs is 2. The maximum Gasteiger partial charge on any atom is 0.265 e. The van der Waals surface area contributed by atoms with Gasteiger partial charge in [0, 0.05) is 34.5 Å². The molecule has 0 spiro atoms. The highest BCUT2D eigenvalue weighted by Gasteiger charge is 2.16. The fraction of sp³-hybridized carbons (Fsp3) is 0.136. The number of para-hydroxylation sites is 1. The maximum absolute atomic E-state index is 13.5. The number of rotatable bonds is 7. The van der Waals surface area contributed by atoms with Gasteiger partial charge in [-0.2, -0.15) is 0 Å². The molecule has 4 rings (SSSR count). The lowest BCUT2D eigenvalue weighted by molar-refractivity contribution is -0.117. The number of nitrogens with two attached hydrogens (primary N) is 1. The Bertz CT molecular complexity index is 1210. The molecule has 0 fully saturated rings. The summed E-state index contributed by atoms with van der Waals surface area (Å²) in [6.45, 7) is 0.412. The van der Waals surface area contributed by atoms with Crippen LogP contribution in [0.25, 0.3) is 21.8 Å². The lowest BCUT2D eigenvalue weighted by Gasteiger charge is -2.06. The van der Waals surface area contributed by atoms with Crippen molar-refractivity contribution in [2.45, 2.75) is 12.8 Å². The SMILES string of the molecule is NC(=O)c1[nH]c2ccccc2c1C[CH]C(=O)NCCc1c[nH]c2ccc(F)cc12. The zero-order chi connectivity index (χ0) is 20.4. The number of halogens is 1. The summed E-state index contributed by atoms with van der Waals surface area (Å²) in [5.74, 6) is -1.09. The second-order valence-corrected chi connectivity index (χ2v) is 6.84. The molecule has 2 aromatic heterocycles. The van der Waals surface area contributed by atoms with Crippen LogP contribution < -0.4 is 11.1 Å². The Morgan fingerprint density at radius 2 is 1.93 bits per heavy atom. The number of aromatic nitrogens is 2. The van der Waals surface area contributed by atoms with Crippen LogP contribution in [-0.2, 0) is 17.6 Å². The number of benzene rings is 2. The largest absolute Gasteiger partial charge is 0.364 e. The average Bonchev–Trinajstić information content (AvgIpc) is 3.27. The number of aromatic amines is 2. The molecular formula is C22H20FN4O2. The summed E-state index contributed by atoms with van der Waals surface area (Å²) < 4.78 is 13.5. The van der Waals surface area contributed by atoms with Crippen molar-refractivity contribution in [3.63, 3.8) is 0 Å². The van der Waals surface area contributed by atoms with E-state index >= 15 is 0 Å². The van der Waals surface area contributed by atoms with Crippen molar-refractivity contribution in [2.75, 3.05) is 6.54 Å². The molecule has 0 atom stereocenters. The molecule has 0 saturated heterocycles. The molecule has 0 bridgehead atoms. The Morgan fingerprint density at radius 1 is 1.10 bits per heavy atom. The minimum absolute atomic E-state index is 0.239. The molecule has 2 aromatic carbocycles. The van der Waals surface area contributed by atoms with Gasteiger partial charge >= 0.3 is 0 Å². The first kappa shape index (κ1) is 18.7. The average molecular weight is 391 g/mol. The van der Waals surface area contributed by atoms with Crippen LogP contribution in [0.4, 0.5) is 4.39 Å². The lowest BCUT2D eigenvalue weighted by Crippen LogP contribution is -2.26. The third-order valence-electron chi connectivity index (χ3n) is 4.97. The fourth-order valence-corrected chi connectivity index (χ4v) is 3.57. The van der Waals surface area contributed by atoms with Gasteiger partial charge in [-0.15, -0.1) is 0 Å². The van der Waals surface area contributed by atoms with Crippen LogP contribution >= 0.6 is 0 Å². The highest BCUT2D eigenvalue weighted by atomic mass is 19.1. The van der Waals surface area contributed by atoms with Gasteiger partial charge in [-0.3, -0.25) is 9.59 Å². The highest BCUT2D eigenvalue weighted by molar-refractivity contribution is 6.01. The summed E-state index contributed by atoms with van der Waals surface area (Å²) in [7, 11) is 0. The fourth-order valence-electron chi connectivity index (χ4n) is 3.57. The Balaban J connectivity index is 1.37. The van der Waals surface area contributed by atoms with E-state index in [4.69, 9.17) is 5.73 Å². The van der Waals surface area contributed by atoms with Gasteiger partial charge in [-0.25, -0.2) is 4.39 Å². The first-order valence-corrected chi connectivity index (χ1v) is 9.29. The molecule has 0 unspecified atom stereocenters. The van der Waals surface area contributed by atoms with Crippen molar-refractivity contribution in [3.05, 3.63) is 77.7 Å². The lowest BCUT2D eigenvalue weighted by atomic mass is 10.0. The molecule has 0 aliphatic heterocycles. The Labute approximate surface area is 166 Å². The van der Waals surface area contributed by atoms with Gasteiger partial charge in [0.1, 0.15) is 11.5 Å². The monoisotopic (exact) mass is 391 g/mol. The van der Waals surface area contributed by atoms with Crippen molar-refractivity contribution in [3.8, 4) is 0 Å². The van der Waals surface area contributed by atoms with E-state index in [1.54, 1.807) is 6.07 Å². The van der Waals surface area contributed by atoms with E-state index in [1.165, 1.54) is 18.6 Å². The molecule has 0 aliphatic rings. The molecule has 0 saturated carbocycles. The summed E-state index contributed by atoms with van der Waals surface area (Å²) in [6, 6.07) is 12.1. The number of carbonyl (C=O) groups excluding carboxylic acids is 2. The predicted molar refractivity (Wildman–Crippen MR) is 110 cm³/mol. The van der Waals surface area contributed by atoms with Gasteiger partial charge in [-0.05, 0) is 48.2 Å². The molecule has 0 aliphatic carbocycles. The van der Waals surface area contributed by atoms with E-state index in [2.05, 4.69) is 15.3 Å². The molecule has 2 heterocycles. The summed E-state index contributed by atoms with van der Waals surface area (Å²) in [5, 5.41) is 4.51. The summed E-state index contributed by atoms with van der Waals surface area (Å²) in [6.07, 6.45) is 4.18. The van der Waals surface area contributed by atoms with E-state index in [-0.39, 0.29) is 18.1 Å². The molecule has 147 valence electrons. The van der Waals surface area contributed by atoms with Crippen molar-refractivity contribution in [2.24, 2.45) is 5.73 Å². The maximum atomic E-state index is 13.5. The summed E-state index contributed by atoms with van der Waals surface area (Å²) >= 11 is 0. The van der Waals surface area contributed by atoms with Crippen LogP contribution in [0.15, 0.2) is 48.7 Å². The van der Waals surface area contributed by atoms with Gasteiger partial charge in [0.2, 0.25) is 5.91 Å². The third kappa shape index (κ3) is 3.85. The number of hydrogen-bond acceptors (Lipinski definition) is 2. The highest BCUT2D eigenvalue weighted by Crippen LogP contribution is 2.23. The van der Waals surface area contributed by atoms with E-state index in [1.807, 2.05) is 30.5 Å². The van der Waals surface area contributed by atoms with Crippen LogP contribution in [0.5, 0.6) is 0 Å². The second kappa shape index (κ2) is 7.79. The van der Waals surface area contributed by atoms with Gasteiger partial charge in [-0.1, -0.05) is 18.2 Å². The standard InChI is InChI=1S/C22H20FN4O2/c23-14-5-7-18-17(11-14)13(12-26-18)9-10-25-20(28)8-6-16-15-3-1-2-4-19(15)27-21(16)22(24)29/h1-5,7-8,11-12,26-27H,6,9-10H2,(H2,24,29)(H,25,28). The molecule has 29 heavy (non-hydrogen) atoms. The normalized spacial score (nSPS) is 11.2. The van der Waals surface area contributed by atoms with E-state index in [0.717, 1.165) is 27.4 Å². The molecule has 1 radical (unpaired) electrons. The van der Waals surface area contributed by atoms with E-state index in [0.29, 0.717) is 24.2 Å². The van der Waals surface area contributed by atoms with Crippen molar-refractivity contribution >= 4 is 33.6 Å². The molecule has 4 aromatic rings. The first-order valence-electron chi connectivity index (χ1n) is 9.29. The molecule has 7 heteroatoms. The minimum Gasteiger partial charge on any atom is -0.364 e. The second-order valence-electron chi connectivity index (χ2n) is 6.84. The Hall–Kier alpha value is -3.61. The zero-order valence-electron chi connectivity index (χ0n) is 15.6. The number of H-pyrrole nitrogens is 2. The van der Waals surface area contributed by atoms with Crippen LogP contribution in [0.3, 0.4) is 0 Å². The van der Waals surface area contributed by atoms with E-state index in [9.17, 15) is 14.0 Å². The molecule has 5 N–H and O–H groups in total. The van der Waals surface area contributed by atoms with Gasteiger partial charge < -0.3 is 21.0 Å². The van der Waals surface area contributed by atoms with Crippen LogP contribution in [0.1, 0.15) is 21.6 Å². The predicted octanol–water partition coefficient (Wildman–Crippen LogP) is 2.99.